The van der Waals surface area contributed by atoms with Gasteiger partial charge in [0.25, 0.3) is 0 Å². The van der Waals surface area contributed by atoms with Gasteiger partial charge in [0.15, 0.2) is 5.75 Å². The quantitative estimate of drug-likeness (QED) is 0.654. The van der Waals surface area contributed by atoms with Gasteiger partial charge >= 0.3 is 0 Å². The first-order valence-electron chi connectivity index (χ1n) is 6.02. The number of hydrogen-bond acceptors (Lipinski definition) is 2. The van der Waals surface area contributed by atoms with Crippen molar-refractivity contribution in [2.75, 3.05) is 0 Å². The van der Waals surface area contributed by atoms with E-state index in [4.69, 9.17) is 16.3 Å². The molecule has 0 N–H and O–H groups in total. The summed E-state index contributed by atoms with van der Waals surface area (Å²) in [4.78, 5) is 4.35. The second kappa shape index (κ2) is 4.90. The van der Waals surface area contributed by atoms with Gasteiger partial charge in [-0.05, 0) is 31.2 Å². The third-order valence-corrected chi connectivity index (χ3v) is 3.26. The molecular formula is C16H12ClNO. The minimum absolute atomic E-state index is 0.680. The van der Waals surface area contributed by atoms with Gasteiger partial charge in [-0.2, -0.15) is 0 Å². The summed E-state index contributed by atoms with van der Waals surface area (Å²) in [6.45, 7) is 2.04. The van der Waals surface area contributed by atoms with Crippen molar-refractivity contribution < 1.29 is 4.74 Å². The summed E-state index contributed by atoms with van der Waals surface area (Å²) in [5.41, 5.74) is 1.97. The fraction of sp³-hybridized carbons (Fsp3) is 0.0625. The lowest BCUT2D eigenvalue weighted by Crippen LogP contribution is -1.88. The third kappa shape index (κ3) is 2.40. The summed E-state index contributed by atoms with van der Waals surface area (Å²) >= 11 is 6.16. The molecule has 0 unspecified atom stereocenters. The first-order valence-corrected chi connectivity index (χ1v) is 6.39. The summed E-state index contributed by atoms with van der Waals surface area (Å²) in [7, 11) is 0. The molecule has 0 spiro atoms. The number of aryl methyl sites for hydroxylation is 1. The zero-order valence-corrected chi connectivity index (χ0v) is 11.2. The molecule has 3 aromatic rings. The Hall–Kier alpha value is -2.06. The zero-order chi connectivity index (χ0) is 13.2. The summed E-state index contributed by atoms with van der Waals surface area (Å²) in [6.07, 6.45) is 1.69. The molecule has 0 fully saturated rings. The molecule has 1 heterocycles. The summed E-state index contributed by atoms with van der Waals surface area (Å²) in [5, 5.41) is 1.58. The van der Waals surface area contributed by atoms with Crippen LogP contribution in [0.4, 0.5) is 0 Å². The number of rotatable bonds is 2. The molecule has 1 aromatic heterocycles. The lowest BCUT2D eigenvalue weighted by atomic mass is 10.2. The predicted octanol–water partition coefficient (Wildman–Crippen LogP) is 4.99. The molecule has 2 aromatic carbocycles. The molecular weight excluding hydrogens is 258 g/mol. The number of fused-ring (bicyclic) bond motifs is 1. The highest BCUT2D eigenvalue weighted by Crippen LogP contribution is 2.31. The molecule has 0 saturated heterocycles. The van der Waals surface area contributed by atoms with Crippen molar-refractivity contribution in [2.24, 2.45) is 0 Å². The van der Waals surface area contributed by atoms with Crippen molar-refractivity contribution in [3.63, 3.8) is 0 Å². The molecule has 0 bridgehead atoms. The highest BCUT2D eigenvalue weighted by molar-refractivity contribution is 6.35. The van der Waals surface area contributed by atoms with Crippen LogP contribution >= 0.6 is 11.6 Å². The molecule has 0 saturated carbocycles. The van der Waals surface area contributed by atoms with Crippen LogP contribution in [-0.2, 0) is 0 Å². The molecule has 2 nitrogen and oxygen atoms in total. The zero-order valence-electron chi connectivity index (χ0n) is 10.4. The third-order valence-electron chi connectivity index (χ3n) is 2.93. The van der Waals surface area contributed by atoms with E-state index in [1.807, 2.05) is 49.4 Å². The van der Waals surface area contributed by atoms with Gasteiger partial charge in [-0.3, -0.25) is 4.98 Å². The van der Waals surface area contributed by atoms with Gasteiger partial charge in [-0.15, -0.1) is 0 Å². The van der Waals surface area contributed by atoms with E-state index < -0.39 is 0 Å². The highest BCUT2D eigenvalue weighted by atomic mass is 35.5. The van der Waals surface area contributed by atoms with Crippen LogP contribution < -0.4 is 4.74 Å². The van der Waals surface area contributed by atoms with E-state index >= 15 is 0 Å². The maximum Gasteiger partial charge on any atom is 0.153 e. The molecule has 0 amide bonds. The van der Waals surface area contributed by atoms with Crippen LogP contribution in [0.1, 0.15) is 5.56 Å². The van der Waals surface area contributed by atoms with Gasteiger partial charge in [0.2, 0.25) is 0 Å². The minimum Gasteiger partial charge on any atom is -0.455 e. The minimum atomic E-state index is 0.680. The number of aromatic nitrogens is 1. The Bertz CT molecular complexity index is 722. The van der Waals surface area contributed by atoms with E-state index in [9.17, 15) is 0 Å². The Kier molecular flexibility index (Phi) is 3.10. The summed E-state index contributed by atoms with van der Waals surface area (Å²) in [5.74, 6) is 1.50. The van der Waals surface area contributed by atoms with E-state index in [1.54, 1.807) is 12.3 Å². The second-order valence-electron chi connectivity index (χ2n) is 4.36. The van der Waals surface area contributed by atoms with Gasteiger partial charge in [-0.25, -0.2) is 0 Å². The van der Waals surface area contributed by atoms with Crippen LogP contribution in [-0.4, -0.2) is 4.98 Å². The SMILES string of the molecule is Cc1ccc(Oc2cccc3c(Cl)ccnc23)cc1. The largest absolute Gasteiger partial charge is 0.455 e. The van der Waals surface area contributed by atoms with Crippen LogP contribution in [0.2, 0.25) is 5.02 Å². The van der Waals surface area contributed by atoms with Crippen molar-refractivity contribution in [2.45, 2.75) is 6.92 Å². The highest BCUT2D eigenvalue weighted by Gasteiger charge is 2.06. The standard InChI is InChI=1S/C16H12ClNO/c1-11-5-7-12(8-6-11)19-15-4-2-3-13-14(17)9-10-18-16(13)15/h2-10H,1H3. The van der Waals surface area contributed by atoms with Crippen molar-refractivity contribution in [3.05, 3.63) is 65.3 Å². The van der Waals surface area contributed by atoms with E-state index in [1.165, 1.54) is 5.56 Å². The van der Waals surface area contributed by atoms with Crippen LogP contribution in [0.15, 0.2) is 54.7 Å². The summed E-state index contributed by atoms with van der Waals surface area (Å²) < 4.78 is 5.88. The maximum absolute atomic E-state index is 6.16. The number of halogens is 1. The Balaban J connectivity index is 2.06. The Morgan fingerprint density at radius 2 is 1.79 bits per heavy atom. The van der Waals surface area contributed by atoms with Crippen molar-refractivity contribution >= 4 is 22.5 Å². The average Bonchev–Trinajstić information content (AvgIpc) is 2.43. The molecule has 0 radical (unpaired) electrons. The Morgan fingerprint density at radius 1 is 1.00 bits per heavy atom. The molecule has 94 valence electrons. The number of benzene rings is 2. The van der Waals surface area contributed by atoms with Gasteiger partial charge in [0.05, 0.1) is 5.02 Å². The fourth-order valence-electron chi connectivity index (χ4n) is 1.93. The maximum atomic E-state index is 6.16. The van der Waals surface area contributed by atoms with Crippen LogP contribution in [0.5, 0.6) is 11.5 Å². The average molecular weight is 270 g/mol. The molecule has 3 heteroatoms. The first kappa shape index (κ1) is 12.0. The number of pyridine rings is 1. The fourth-order valence-corrected chi connectivity index (χ4v) is 2.14. The number of hydrogen-bond donors (Lipinski definition) is 0. The van der Waals surface area contributed by atoms with Gasteiger partial charge < -0.3 is 4.74 Å². The molecule has 3 rings (SSSR count). The predicted molar refractivity (Wildman–Crippen MR) is 78.0 cm³/mol. The lowest BCUT2D eigenvalue weighted by molar-refractivity contribution is 0.487. The Labute approximate surface area is 116 Å². The molecule has 0 atom stereocenters. The Morgan fingerprint density at radius 3 is 2.58 bits per heavy atom. The topological polar surface area (TPSA) is 22.1 Å². The van der Waals surface area contributed by atoms with Crippen molar-refractivity contribution in [3.8, 4) is 11.5 Å². The van der Waals surface area contributed by atoms with Gasteiger partial charge in [-0.1, -0.05) is 41.4 Å². The van der Waals surface area contributed by atoms with Gasteiger partial charge in [0.1, 0.15) is 11.3 Å². The normalized spacial score (nSPS) is 10.6. The molecule has 0 aliphatic carbocycles. The summed E-state index contributed by atoms with van der Waals surface area (Å²) in [6, 6.07) is 15.4. The molecule has 19 heavy (non-hydrogen) atoms. The first-order chi connectivity index (χ1) is 9.24. The molecule has 0 aliphatic heterocycles. The van der Waals surface area contributed by atoms with E-state index in [2.05, 4.69) is 4.98 Å². The molecule has 0 aliphatic rings. The smallest absolute Gasteiger partial charge is 0.153 e. The number of nitrogens with zero attached hydrogens (tertiary/aromatic N) is 1. The van der Waals surface area contributed by atoms with Crippen LogP contribution in [0.3, 0.4) is 0 Å². The van der Waals surface area contributed by atoms with Crippen LogP contribution in [0.25, 0.3) is 10.9 Å². The van der Waals surface area contributed by atoms with Crippen molar-refractivity contribution in [1.29, 1.82) is 0 Å². The van der Waals surface area contributed by atoms with Crippen molar-refractivity contribution in [1.82, 2.24) is 4.98 Å². The number of ether oxygens (including phenoxy) is 1. The lowest BCUT2D eigenvalue weighted by Gasteiger charge is -2.09. The van der Waals surface area contributed by atoms with Crippen LogP contribution in [0, 0.1) is 6.92 Å². The van der Waals surface area contributed by atoms with E-state index in [0.717, 1.165) is 16.7 Å². The monoisotopic (exact) mass is 269 g/mol. The number of para-hydroxylation sites is 1. The second-order valence-corrected chi connectivity index (χ2v) is 4.77. The van der Waals surface area contributed by atoms with Gasteiger partial charge in [0, 0.05) is 11.6 Å². The van der Waals surface area contributed by atoms with E-state index in [-0.39, 0.29) is 0 Å². The van der Waals surface area contributed by atoms with E-state index in [0.29, 0.717) is 10.8 Å².